The van der Waals surface area contributed by atoms with Gasteiger partial charge in [-0.25, -0.2) is 4.79 Å². The van der Waals surface area contributed by atoms with Crippen LogP contribution in [0.25, 0.3) is 0 Å². The van der Waals surface area contributed by atoms with Crippen molar-refractivity contribution in [1.82, 2.24) is 15.3 Å². The lowest BCUT2D eigenvalue weighted by Crippen LogP contribution is -2.36. The highest BCUT2D eigenvalue weighted by Gasteiger charge is 2.48. The van der Waals surface area contributed by atoms with E-state index in [1.165, 1.54) is 39.8 Å². The first-order chi connectivity index (χ1) is 16.1. The number of hydrogen-bond acceptors (Lipinski definition) is 13. The van der Waals surface area contributed by atoms with Crippen molar-refractivity contribution in [2.24, 2.45) is 10.3 Å². The molecule has 1 aromatic carbocycles. The van der Waals surface area contributed by atoms with E-state index in [0.717, 1.165) is 0 Å². The van der Waals surface area contributed by atoms with Gasteiger partial charge in [-0.15, -0.1) is 9.97 Å². The summed E-state index contributed by atoms with van der Waals surface area (Å²) in [5.41, 5.74) is 6.79. The number of imide groups is 1. The Bertz CT molecular complexity index is 1150. The van der Waals surface area contributed by atoms with Crippen molar-refractivity contribution in [2.75, 3.05) is 18.1 Å². The lowest BCUT2D eigenvalue weighted by atomic mass is 10.1. The molecule has 1 aliphatic rings. The van der Waals surface area contributed by atoms with E-state index < -0.39 is 45.5 Å². The lowest BCUT2D eigenvalue weighted by Gasteiger charge is -2.13. The van der Waals surface area contributed by atoms with Crippen molar-refractivity contribution in [3.63, 3.8) is 0 Å². The van der Waals surface area contributed by atoms with Gasteiger partial charge in [-0.3, -0.25) is 18.9 Å². The molecule has 1 aliphatic heterocycles. The first-order valence-corrected chi connectivity index (χ1v) is 13.2. The van der Waals surface area contributed by atoms with E-state index in [-0.39, 0.29) is 40.7 Å². The van der Waals surface area contributed by atoms with Crippen LogP contribution in [0.1, 0.15) is 23.2 Å². The van der Waals surface area contributed by atoms with Crippen LogP contribution in [0.3, 0.4) is 0 Å². The Labute approximate surface area is 199 Å². The SMILES string of the molecule is N=[N+]=Nc1ccc(N=O)c(C(=O)NCCSSCCC(=O)ON2C(=O)CC(S(=O)(=O)O)C2=O)c1. The van der Waals surface area contributed by atoms with E-state index >= 15 is 0 Å². The summed E-state index contributed by atoms with van der Waals surface area (Å²) in [6, 6.07) is 3.93. The van der Waals surface area contributed by atoms with Crippen LogP contribution in [0.5, 0.6) is 0 Å². The van der Waals surface area contributed by atoms with E-state index in [2.05, 4.69) is 25.4 Å². The number of hydrogen-bond donors (Lipinski definition) is 3. The number of hydroxylamine groups is 2. The number of amides is 3. The molecular formula is C16H17N6O9S3+. The fourth-order valence-electron chi connectivity index (χ4n) is 2.51. The molecule has 0 spiro atoms. The molecule has 3 amide bonds. The fraction of sp³-hybridized carbons (Fsp3) is 0.375. The maximum absolute atomic E-state index is 12.2. The zero-order valence-corrected chi connectivity index (χ0v) is 19.5. The normalized spacial score (nSPS) is 15.6. The molecule has 15 nitrogen and oxygen atoms in total. The highest BCUT2D eigenvalue weighted by atomic mass is 33.1. The van der Waals surface area contributed by atoms with Gasteiger partial charge < -0.3 is 10.2 Å². The van der Waals surface area contributed by atoms with Gasteiger partial charge in [0.25, 0.3) is 27.8 Å². The minimum absolute atomic E-state index is 0.0254. The molecule has 0 bridgehead atoms. The lowest BCUT2D eigenvalue weighted by molar-refractivity contribution is -0.197. The highest BCUT2D eigenvalue weighted by Crippen LogP contribution is 2.25. The molecule has 1 heterocycles. The minimum atomic E-state index is -4.79. The Kier molecular flexibility index (Phi) is 9.82. The quantitative estimate of drug-likeness (QED) is 0.0658. The van der Waals surface area contributed by atoms with Crippen molar-refractivity contribution in [3.05, 3.63) is 28.7 Å². The number of nitrogens with one attached hydrogen (secondary N) is 2. The van der Waals surface area contributed by atoms with E-state index in [1.54, 1.807) is 0 Å². The zero-order valence-electron chi connectivity index (χ0n) is 17.1. The van der Waals surface area contributed by atoms with E-state index in [1.807, 2.05) is 0 Å². The molecule has 2 rings (SSSR count). The fourth-order valence-corrected chi connectivity index (χ4v) is 5.09. The Hall–Kier alpha value is -3.18. The second-order valence-electron chi connectivity index (χ2n) is 6.34. The predicted molar refractivity (Wildman–Crippen MR) is 119 cm³/mol. The maximum Gasteiger partial charge on any atom is 0.334 e. The summed E-state index contributed by atoms with van der Waals surface area (Å²) in [6.45, 7) is 0.206. The molecule has 1 unspecified atom stereocenters. The third-order valence-electron chi connectivity index (χ3n) is 4.05. The standard InChI is InChI=1S/C16H16N6O9S3/c17-21-19-9-1-2-11(20-27)10(7-9)15(25)18-4-6-33-32-5-3-14(24)31-22-13(23)8-12(16(22)26)34(28,29)30/h1-2,7,12,17H,3-6,8H2,(H-,18,25,28,29,30)/p+1. The van der Waals surface area contributed by atoms with Gasteiger partial charge in [-0.05, 0) is 23.4 Å². The predicted octanol–water partition coefficient (Wildman–Crippen LogP) is 1.24. The summed E-state index contributed by atoms with van der Waals surface area (Å²) < 4.78 is 31.1. The molecule has 182 valence electrons. The number of carbonyl (C=O) groups excluding carboxylic acids is 4. The highest BCUT2D eigenvalue weighted by molar-refractivity contribution is 8.76. The molecule has 1 fully saturated rings. The number of nitroso groups, excluding NO2 is 1. The summed E-state index contributed by atoms with van der Waals surface area (Å²) in [7, 11) is -2.27. The summed E-state index contributed by atoms with van der Waals surface area (Å²) in [6.07, 6.45) is -1.02. The van der Waals surface area contributed by atoms with Crippen molar-refractivity contribution in [2.45, 2.75) is 18.1 Å². The average molecular weight is 534 g/mol. The first-order valence-electron chi connectivity index (χ1n) is 9.20. The van der Waals surface area contributed by atoms with Crippen LogP contribution in [-0.4, -0.2) is 65.0 Å². The van der Waals surface area contributed by atoms with E-state index in [9.17, 15) is 32.5 Å². The van der Waals surface area contributed by atoms with Gasteiger partial charge in [-0.2, -0.15) is 8.42 Å². The number of rotatable bonds is 12. The van der Waals surface area contributed by atoms with Gasteiger partial charge in [0.05, 0.1) is 18.4 Å². The van der Waals surface area contributed by atoms with Crippen LogP contribution in [0, 0.1) is 10.4 Å². The molecule has 1 aromatic rings. The van der Waals surface area contributed by atoms with Gasteiger partial charge in [0.1, 0.15) is 11.2 Å². The van der Waals surface area contributed by atoms with Gasteiger partial charge in [0.15, 0.2) is 16.1 Å². The van der Waals surface area contributed by atoms with Crippen LogP contribution < -0.4 is 10.2 Å². The topological polar surface area (TPSA) is 227 Å². The van der Waals surface area contributed by atoms with Crippen LogP contribution >= 0.6 is 21.6 Å². The summed E-state index contributed by atoms with van der Waals surface area (Å²) in [5.74, 6) is -3.28. The van der Waals surface area contributed by atoms with Crippen LogP contribution in [-0.2, 0) is 29.3 Å². The maximum atomic E-state index is 12.2. The average Bonchev–Trinajstić information content (AvgIpc) is 3.07. The van der Waals surface area contributed by atoms with Gasteiger partial charge >= 0.3 is 5.97 Å². The van der Waals surface area contributed by atoms with Crippen LogP contribution in [0.2, 0.25) is 0 Å². The summed E-state index contributed by atoms with van der Waals surface area (Å²) in [5, 5.41) is 6.87. The monoisotopic (exact) mass is 533 g/mol. The van der Waals surface area contributed by atoms with Crippen LogP contribution in [0.4, 0.5) is 11.4 Å². The molecule has 0 radical (unpaired) electrons. The Morgan fingerprint density at radius 2 is 2.00 bits per heavy atom. The smallest absolute Gasteiger partial charge is 0.334 e. The number of nitrogens with zero attached hydrogens (tertiary/aromatic N) is 4. The van der Waals surface area contributed by atoms with Crippen molar-refractivity contribution < 1.29 is 37.0 Å². The van der Waals surface area contributed by atoms with E-state index in [0.29, 0.717) is 5.75 Å². The molecule has 0 aromatic heterocycles. The van der Waals surface area contributed by atoms with E-state index in [4.69, 9.17) is 10.1 Å². The molecule has 1 saturated heterocycles. The number of carbonyl (C=O) groups is 4. The summed E-state index contributed by atoms with van der Waals surface area (Å²) in [4.78, 5) is 65.8. The Morgan fingerprint density at radius 3 is 2.62 bits per heavy atom. The van der Waals surface area contributed by atoms with Crippen molar-refractivity contribution in [3.8, 4) is 0 Å². The number of benzene rings is 1. The minimum Gasteiger partial charge on any atom is -0.351 e. The second-order valence-corrected chi connectivity index (χ2v) is 10.6. The summed E-state index contributed by atoms with van der Waals surface area (Å²) >= 11 is 0. The largest absolute Gasteiger partial charge is 0.351 e. The van der Waals surface area contributed by atoms with Gasteiger partial charge in [0.2, 0.25) is 4.91 Å². The van der Waals surface area contributed by atoms with Crippen molar-refractivity contribution in [1.29, 1.82) is 5.53 Å². The van der Waals surface area contributed by atoms with Gasteiger partial charge in [-0.1, -0.05) is 21.6 Å². The third-order valence-corrected chi connectivity index (χ3v) is 7.54. The zero-order chi connectivity index (χ0) is 25.3. The molecule has 1 atom stereocenters. The Morgan fingerprint density at radius 1 is 1.29 bits per heavy atom. The molecular weight excluding hydrogens is 516 g/mol. The molecule has 34 heavy (non-hydrogen) atoms. The second kappa shape index (κ2) is 12.3. The molecule has 3 N–H and O–H groups in total. The molecule has 18 heteroatoms. The van der Waals surface area contributed by atoms with Crippen LogP contribution in [0.15, 0.2) is 28.5 Å². The van der Waals surface area contributed by atoms with Crippen molar-refractivity contribution >= 4 is 66.8 Å². The molecule has 0 saturated carbocycles. The third kappa shape index (κ3) is 7.42. The first kappa shape index (κ1) is 27.1. The van der Waals surface area contributed by atoms with Gasteiger partial charge in [0, 0.05) is 18.1 Å². The Balaban J connectivity index is 1.69. The molecule has 0 aliphatic carbocycles.